The summed E-state index contributed by atoms with van der Waals surface area (Å²) in [6, 6.07) is 0. The van der Waals surface area contributed by atoms with Crippen LogP contribution in [0, 0.1) is 0 Å². The molecule has 1 aliphatic rings. The first-order valence-corrected chi connectivity index (χ1v) is 4.91. The van der Waals surface area contributed by atoms with E-state index in [2.05, 4.69) is 45.5 Å². The summed E-state index contributed by atoms with van der Waals surface area (Å²) in [4.78, 5) is 0. The van der Waals surface area contributed by atoms with Gasteiger partial charge in [0.05, 0.1) is 0 Å². The van der Waals surface area contributed by atoms with E-state index in [1.807, 2.05) is 0 Å². The van der Waals surface area contributed by atoms with E-state index in [0.717, 1.165) is 6.54 Å². The normalized spacial score (nSPS) is 17.2. The highest BCUT2D eigenvalue weighted by Gasteiger charge is 2.14. The number of nitrogens with zero attached hydrogens (tertiary/aromatic N) is 1. The van der Waals surface area contributed by atoms with Crippen molar-refractivity contribution in [3.8, 4) is 0 Å². The number of allylic oxidation sites excluding steroid dienone is 3. The van der Waals surface area contributed by atoms with Crippen LogP contribution in [0.1, 0.15) is 34.1 Å². The third-order valence-electron chi connectivity index (χ3n) is 2.80. The van der Waals surface area contributed by atoms with Gasteiger partial charge in [-0.3, -0.25) is 0 Å². The highest BCUT2D eigenvalue weighted by molar-refractivity contribution is 5.82. The van der Waals surface area contributed by atoms with Gasteiger partial charge >= 0.3 is 0 Å². The summed E-state index contributed by atoms with van der Waals surface area (Å²) in [5.74, 6) is 0. The maximum Gasteiger partial charge on any atom is 0.170 e. The van der Waals surface area contributed by atoms with E-state index < -0.39 is 0 Å². The zero-order valence-corrected chi connectivity index (χ0v) is 9.44. The molecule has 0 aromatic heterocycles. The van der Waals surface area contributed by atoms with Gasteiger partial charge in [-0.25, -0.2) is 4.58 Å². The van der Waals surface area contributed by atoms with Crippen LogP contribution in [0.2, 0.25) is 0 Å². The first kappa shape index (κ1) is 10.2. The second-order valence-corrected chi connectivity index (χ2v) is 4.18. The Kier molecular flexibility index (Phi) is 3.07. The maximum atomic E-state index is 2.27. The van der Waals surface area contributed by atoms with Crippen molar-refractivity contribution < 1.29 is 4.58 Å². The fourth-order valence-electron chi connectivity index (χ4n) is 1.56. The lowest BCUT2D eigenvalue weighted by Gasteiger charge is -2.13. The van der Waals surface area contributed by atoms with Gasteiger partial charge in [0, 0.05) is 12.0 Å². The number of hydrogen-bond donors (Lipinski definition) is 0. The third-order valence-corrected chi connectivity index (χ3v) is 2.80. The van der Waals surface area contributed by atoms with Crippen LogP contribution < -0.4 is 0 Å². The Morgan fingerprint density at radius 1 is 1.31 bits per heavy atom. The van der Waals surface area contributed by atoms with Crippen molar-refractivity contribution in [1.82, 2.24) is 0 Å². The average molecular weight is 178 g/mol. The molecular weight excluding hydrogens is 158 g/mol. The monoisotopic (exact) mass is 178 g/mol. The lowest BCUT2D eigenvalue weighted by atomic mass is 9.96. The molecule has 0 saturated carbocycles. The standard InChI is InChI=1S/C12H20N/c1-9(2)11(4)12-8-13(5)7-6-10(12)3/h8H,6-7H2,1-5H3/q+1. The summed E-state index contributed by atoms with van der Waals surface area (Å²) < 4.78 is 2.27. The molecule has 13 heavy (non-hydrogen) atoms. The molecule has 1 rings (SSSR count). The Morgan fingerprint density at radius 2 is 1.92 bits per heavy atom. The molecule has 0 fully saturated rings. The topological polar surface area (TPSA) is 3.01 Å². The van der Waals surface area contributed by atoms with Gasteiger partial charge < -0.3 is 0 Å². The zero-order valence-electron chi connectivity index (χ0n) is 9.44. The zero-order chi connectivity index (χ0) is 10.0. The van der Waals surface area contributed by atoms with Crippen LogP contribution in [0.5, 0.6) is 0 Å². The average Bonchev–Trinajstić information content (AvgIpc) is 2.08. The van der Waals surface area contributed by atoms with Gasteiger partial charge in [0.15, 0.2) is 6.21 Å². The quantitative estimate of drug-likeness (QED) is 0.543. The fourth-order valence-corrected chi connectivity index (χ4v) is 1.56. The van der Waals surface area contributed by atoms with Crippen molar-refractivity contribution in [3.05, 3.63) is 22.3 Å². The molecule has 0 aliphatic carbocycles. The fraction of sp³-hybridized carbons (Fsp3) is 0.583. The van der Waals surface area contributed by atoms with Crippen LogP contribution in [0.4, 0.5) is 0 Å². The molecule has 0 saturated heterocycles. The molecule has 0 unspecified atom stereocenters. The highest BCUT2D eigenvalue weighted by atomic mass is 15.0. The van der Waals surface area contributed by atoms with Crippen LogP contribution in [-0.4, -0.2) is 24.4 Å². The van der Waals surface area contributed by atoms with Gasteiger partial charge in [-0.1, -0.05) is 11.1 Å². The number of rotatable bonds is 1. The Balaban J connectivity index is 3.10. The molecule has 0 amide bonds. The molecule has 0 radical (unpaired) electrons. The van der Waals surface area contributed by atoms with Crippen molar-refractivity contribution in [2.75, 3.05) is 13.6 Å². The van der Waals surface area contributed by atoms with Crippen molar-refractivity contribution in [2.45, 2.75) is 34.1 Å². The Morgan fingerprint density at radius 3 is 2.46 bits per heavy atom. The first-order chi connectivity index (χ1) is 6.02. The van der Waals surface area contributed by atoms with Crippen molar-refractivity contribution in [1.29, 1.82) is 0 Å². The predicted octanol–water partition coefficient (Wildman–Crippen LogP) is 2.78. The molecule has 0 N–H and O–H groups in total. The van der Waals surface area contributed by atoms with Crippen LogP contribution >= 0.6 is 0 Å². The van der Waals surface area contributed by atoms with Crippen molar-refractivity contribution >= 4 is 6.21 Å². The Bertz CT molecular complexity index is 299. The predicted molar refractivity (Wildman–Crippen MR) is 58.5 cm³/mol. The minimum atomic E-state index is 1.16. The molecule has 0 aromatic carbocycles. The molecule has 1 nitrogen and oxygen atoms in total. The summed E-state index contributed by atoms with van der Waals surface area (Å²) in [5, 5.41) is 0. The van der Waals surface area contributed by atoms with Crippen LogP contribution in [0.3, 0.4) is 0 Å². The Hall–Kier alpha value is -0.850. The molecule has 0 atom stereocenters. The van der Waals surface area contributed by atoms with E-state index in [4.69, 9.17) is 0 Å². The van der Waals surface area contributed by atoms with E-state index in [0.29, 0.717) is 0 Å². The van der Waals surface area contributed by atoms with Crippen molar-refractivity contribution in [3.63, 3.8) is 0 Å². The van der Waals surface area contributed by atoms with Gasteiger partial charge in [-0.2, -0.15) is 0 Å². The molecule has 72 valence electrons. The minimum absolute atomic E-state index is 1.16. The second kappa shape index (κ2) is 3.91. The summed E-state index contributed by atoms with van der Waals surface area (Å²) >= 11 is 0. The van der Waals surface area contributed by atoms with E-state index in [1.165, 1.54) is 28.7 Å². The minimum Gasteiger partial charge on any atom is -0.238 e. The summed E-state index contributed by atoms with van der Waals surface area (Å²) in [7, 11) is 2.14. The smallest absolute Gasteiger partial charge is 0.170 e. The van der Waals surface area contributed by atoms with Crippen molar-refractivity contribution in [2.24, 2.45) is 0 Å². The van der Waals surface area contributed by atoms with Gasteiger partial charge in [0.25, 0.3) is 0 Å². The largest absolute Gasteiger partial charge is 0.238 e. The third kappa shape index (κ3) is 2.30. The molecule has 0 spiro atoms. The number of hydrogen-bond acceptors (Lipinski definition) is 0. The Labute approximate surface area is 81.5 Å². The van der Waals surface area contributed by atoms with E-state index in [1.54, 1.807) is 0 Å². The van der Waals surface area contributed by atoms with E-state index in [-0.39, 0.29) is 0 Å². The molecule has 1 heterocycles. The molecule has 0 aromatic rings. The first-order valence-electron chi connectivity index (χ1n) is 4.91. The van der Waals surface area contributed by atoms with Gasteiger partial charge in [0.2, 0.25) is 0 Å². The van der Waals surface area contributed by atoms with E-state index >= 15 is 0 Å². The molecule has 1 aliphatic heterocycles. The summed E-state index contributed by atoms with van der Waals surface area (Å²) in [6.07, 6.45) is 3.47. The summed E-state index contributed by atoms with van der Waals surface area (Å²) in [5.41, 5.74) is 5.82. The molecule has 1 heteroatoms. The molecular formula is C12H20N+. The SMILES string of the molecule is CC(C)=C(C)C1=C(C)CC[N+](C)=C1. The highest BCUT2D eigenvalue weighted by Crippen LogP contribution is 2.20. The maximum absolute atomic E-state index is 2.27. The van der Waals surface area contributed by atoms with Gasteiger partial charge in [-0.15, -0.1) is 0 Å². The van der Waals surface area contributed by atoms with Gasteiger partial charge in [0.1, 0.15) is 13.6 Å². The van der Waals surface area contributed by atoms with Crippen LogP contribution in [-0.2, 0) is 0 Å². The lowest BCUT2D eigenvalue weighted by Crippen LogP contribution is -2.17. The van der Waals surface area contributed by atoms with E-state index in [9.17, 15) is 0 Å². The molecule has 0 bridgehead atoms. The second-order valence-electron chi connectivity index (χ2n) is 4.18. The summed E-state index contributed by atoms with van der Waals surface area (Å²) in [6.45, 7) is 9.97. The lowest BCUT2D eigenvalue weighted by molar-refractivity contribution is -0.492. The van der Waals surface area contributed by atoms with Crippen LogP contribution in [0.25, 0.3) is 0 Å². The van der Waals surface area contributed by atoms with Crippen LogP contribution in [0.15, 0.2) is 22.3 Å². The van der Waals surface area contributed by atoms with Gasteiger partial charge in [-0.05, 0) is 33.3 Å².